The third kappa shape index (κ3) is 3.84. The number of hydrogen-bond donors (Lipinski definition) is 0. The van der Waals surface area contributed by atoms with Gasteiger partial charge in [0.05, 0.1) is 5.69 Å². The maximum Gasteiger partial charge on any atom is 0.247 e. The normalized spacial score (nSPS) is 16.8. The van der Waals surface area contributed by atoms with E-state index in [1.807, 2.05) is 42.6 Å². The zero-order chi connectivity index (χ0) is 18.7. The Morgan fingerprint density at radius 1 is 1.31 bits per heavy atom. The quantitative estimate of drug-likeness (QED) is 0.795. The van der Waals surface area contributed by atoms with Gasteiger partial charge in [0.15, 0.2) is 0 Å². The molecular weight excluding hydrogens is 326 g/mol. The van der Waals surface area contributed by atoms with E-state index in [2.05, 4.69) is 27.8 Å². The summed E-state index contributed by atoms with van der Waals surface area (Å²) in [6.45, 7) is 10.8. The van der Waals surface area contributed by atoms with Gasteiger partial charge < -0.3 is 9.47 Å². The molecule has 3 heterocycles. The minimum Gasteiger partial charge on any atom is -0.341 e. The number of nitrogens with zero attached hydrogens (tertiary/aromatic N) is 5. The fourth-order valence-corrected chi connectivity index (χ4v) is 3.96. The molecule has 0 unspecified atom stereocenters. The number of hydrogen-bond acceptors (Lipinski definition) is 3. The van der Waals surface area contributed by atoms with E-state index in [-0.39, 0.29) is 11.9 Å². The first kappa shape index (κ1) is 18.7. The summed E-state index contributed by atoms with van der Waals surface area (Å²) < 4.78 is 4.14. The summed E-state index contributed by atoms with van der Waals surface area (Å²) >= 11 is 0. The van der Waals surface area contributed by atoms with Crippen molar-refractivity contribution in [1.29, 1.82) is 0 Å². The van der Waals surface area contributed by atoms with Crippen molar-refractivity contribution < 1.29 is 4.79 Å². The predicted octanol–water partition coefficient (Wildman–Crippen LogP) is 3.46. The van der Waals surface area contributed by atoms with Gasteiger partial charge in [0, 0.05) is 43.6 Å². The molecule has 1 amide bonds. The Morgan fingerprint density at radius 2 is 2.04 bits per heavy atom. The number of imidazole rings is 1. The van der Waals surface area contributed by atoms with Crippen LogP contribution in [0.2, 0.25) is 0 Å². The zero-order valence-electron chi connectivity index (χ0n) is 16.5. The molecule has 26 heavy (non-hydrogen) atoms. The summed E-state index contributed by atoms with van der Waals surface area (Å²) in [5.74, 6) is 1.82. The number of carbonyl (C=O) groups excluding carboxylic acids is 1. The van der Waals surface area contributed by atoms with E-state index >= 15 is 0 Å². The smallest absolute Gasteiger partial charge is 0.247 e. The molecule has 0 saturated carbocycles. The summed E-state index contributed by atoms with van der Waals surface area (Å²) in [7, 11) is 0. The molecule has 0 bridgehead atoms. The lowest BCUT2D eigenvalue weighted by atomic mass is 9.95. The third-order valence-electron chi connectivity index (χ3n) is 5.44. The molecule has 2 aromatic rings. The number of rotatable bonds is 6. The van der Waals surface area contributed by atoms with Gasteiger partial charge in [-0.05, 0) is 46.1 Å². The monoisotopic (exact) mass is 357 g/mol. The first-order valence-corrected chi connectivity index (χ1v) is 9.83. The summed E-state index contributed by atoms with van der Waals surface area (Å²) in [6.07, 6.45) is 8.34. The molecule has 0 aliphatic carbocycles. The van der Waals surface area contributed by atoms with E-state index in [0.29, 0.717) is 5.92 Å². The van der Waals surface area contributed by atoms with Crippen LogP contribution in [0.25, 0.3) is 0 Å². The van der Waals surface area contributed by atoms with Gasteiger partial charge in [0.1, 0.15) is 11.9 Å². The molecule has 0 aromatic carbocycles. The van der Waals surface area contributed by atoms with Crippen molar-refractivity contribution in [3.05, 3.63) is 35.7 Å². The molecule has 0 N–H and O–H groups in total. The number of aromatic nitrogens is 4. The Labute approximate surface area is 156 Å². The topological polar surface area (TPSA) is 56.0 Å². The third-order valence-corrected chi connectivity index (χ3v) is 5.44. The Kier molecular flexibility index (Phi) is 5.79. The second kappa shape index (κ2) is 8.06. The van der Waals surface area contributed by atoms with Crippen LogP contribution in [-0.2, 0) is 11.3 Å². The lowest BCUT2D eigenvalue weighted by molar-refractivity contribution is -0.135. The van der Waals surface area contributed by atoms with Gasteiger partial charge in [-0.2, -0.15) is 5.10 Å². The Bertz CT molecular complexity index is 739. The van der Waals surface area contributed by atoms with Gasteiger partial charge in [-0.25, -0.2) is 4.98 Å². The van der Waals surface area contributed by atoms with Gasteiger partial charge in [-0.3, -0.25) is 9.48 Å². The van der Waals surface area contributed by atoms with Gasteiger partial charge in [0.25, 0.3) is 0 Å². The maximum absolute atomic E-state index is 12.9. The second-order valence-corrected chi connectivity index (χ2v) is 7.48. The molecule has 2 aromatic heterocycles. The summed E-state index contributed by atoms with van der Waals surface area (Å²) in [4.78, 5) is 19.5. The summed E-state index contributed by atoms with van der Waals surface area (Å²) in [6, 6.07) is 1.78. The molecule has 1 atom stereocenters. The van der Waals surface area contributed by atoms with Gasteiger partial charge in [-0.15, -0.1) is 0 Å². The standard InChI is InChI=1S/C20H31N5O/c1-5-6-10-23-13-9-21-19(23)18-7-11-24(12-8-18)20(26)17(4)25-16(3)14-15(2)22-25/h9,13-14,17-18H,5-8,10-12H2,1-4H3/t17-/m1/s1. The average molecular weight is 358 g/mol. The minimum atomic E-state index is -0.244. The highest BCUT2D eigenvalue weighted by Gasteiger charge is 2.29. The van der Waals surface area contributed by atoms with Crippen molar-refractivity contribution in [3.63, 3.8) is 0 Å². The van der Waals surface area contributed by atoms with E-state index in [0.717, 1.165) is 43.9 Å². The molecule has 1 aliphatic heterocycles. The average Bonchev–Trinajstić information content (AvgIpc) is 3.24. The molecule has 1 saturated heterocycles. The van der Waals surface area contributed by atoms with Crippen LogP contribution >= 0.6 is 0 Å². The van der Waals surface area contributed by atoms with Gasteiger partial charge >= 0.3 is 0 Å². The number of likely N-dealkylation sites (tertiary alicyclic amines) is 1. The van der Waals surface area contributed by atoms with E-state index in [4.69, 9.17) is 0 Å². The molecule has 3 rings (SSSR count). The lowest BCUT2D eigenvalue weighted by Crippen LogP contribution is -2.42. The summed E-state index contributed by atoms with van der Waals surface area (Å²) in [5, 5.41) is 4.48. The van der Waals surface area contributed by atoms with Crippen LogP contribution < -0.4 is 0 Å². The number of piperidine rings is 1. The fraction of sp³-hybridized carbons (Fsp3) is 0.650. The van der Waals surface area contributed by atoms with E-state index in [1.165, 1.54) is 18.7 Å². The van der Waals surface area contributed by atoms with Crippen LogP contribution in [0.5, 0.6) is 0 Å². The van der Waals surface area contributed by atoms with Crippen LogP contribution in [0.1, 0.15) is 68.7 Å². The SMILES string of the molecule is CCCCn1ccnc1C1CCN(C(=O)[C@@H](C)n2nc(C)cc2C)CC1. The first-order valence-electron chi connectivity index (χ1n) is 9.83. The van der Waals surface area contributed by atoms with Gasteiger partial charge in [-0.1, -0.05) is 13.3 Å². The Balaban J connectivity index is 1.60. The highest BCUT2D eigenvalue weighted by Crippen LogP contribution is 2.28. The van der Waals surface area contributed by atoms with Gasteiger partial charge in [0.2, 0.25) is 5.91 Å². The number of aryl methyl sites for hydroxylation is 3. The maximum atomic E-state index is 12.9. The van der Waals surface area contributed by atoms with E-state index in [9.17, 15) is 4.79 Å². The van der Waals surface area contributed by atoms with Crippen molar-refractivity contribution in [2.24, 2.45) is 0 Å². The van der Waals surface area contributed by atoms with Crippen molar-refractivity contribution >= 4 is 5.91 Å². The minimum absolute atomic E-state index is 0.170. The van der Waals surface area contributed by atoms with E-state index in [1.54, 1.807) is 0 Å². The largest absolute Gasteiger partial charge is 0.341 e. The van der Waals surface area contributed by atoms with Crippen molar-refractivity contribution in [2.45, 2.75) is 71.9 Å². The number of amides is 1. The fourth-order valence-electron chi connectivity index (χ4n) is 3.96. The molecule has 1 fully saturated rings. The van der Waals surface area contributed by atoms with Crippen LogP contribution in [0.15, 0.2) is 18.5 Å². The number of unbranched alkanes of at least 4 members (excludes halogenated alkanes) is 1. The molecule has 142 valence electrons. The highest BCUT2D eigenvalue weighted by molar-refractivity contribution is 5.80. The molecule has 0 radical (unpaired) electrons. The van der Waals surface area contributed by atoms with Crippen LogP contribution in [0.4, 0.5) is 0 Å². The van der Waals surface area contributed by atoms with E-state index < -0.39 is 0 Å². The molecule has 1 aliphatic rings. The zero-order valence-corrected chi connectivity index (χ0v) is 16.5. The predicted molar refractivity (Wildman–Crippen MR) is 102 cm³/mol. The molecule has 0 spiro atoms. The molecule has 6 heteroatoms. The highest BCUT2D eigenvalue weighted by atomic mass is 16.2. The second-order valence-electron chi connectivity index (χ2n) is 7.48. The molecule has 6 nitrogen and oxygen atoms in total. The Morgan fingerprint density at radius 3 is 2.65 bits per heavy atom. The van der Waals surface area contributed by atoms with Crippen LogP contribution in [-0.4, -0.2) is 43.2 Å². The number of carbonyl (C=O) groups is 1. The Hall–Kier alpha value is -2.11. The van der Waals surface area contributed by atoms with Crippen molar-refractivity contribution in [1.82, 2.24) is 24.2 Å². The van der Waals surface area contributed by atoms with Crippen LogP contribution in [0.3, 0.4) is 0 Å². The van der Waals surface area contributed by atoms with Crippen molar-refractivity contribution in [2.75, 3.05) is 13.1 Å². The van der Waals surface area contributed by atoms with Crippen molar-refractivity contribution in [3.8, 4) is 0 Å². The first-order chi connectivity index (χ1) is 12.5. The summed E-state index contributed by atoms with van der Waals surface area (Å²) in [5.41, 5.74) is 2.00. The van der Waals surface area contributed by atoms with Crippen LogP contribution in [0, 0.1) is 13.8 Å². The lowest BCUT2D eigenvalue weighted by Gasteiger charge is -2.33. The molecular formula is C20H31N5O.